The number of rotatable bonds is 4. The Labute approximate surface area is 175 Å². The molecule has 3 aliphatic heterocycles. The van der Waals surface area contributed by atoms with E-state index in [1.54, 1.807) is 9.80 Å². The lowest BCUT2D eigenvalue weighted by Gasteiger charge is -2.32. The summed E-state index contributed by atoms with van der Waals surface area (Å²) < 4.78 is 0. The Hall–Kier alpha value is -1.77. The van der Waals surface area contributed by atoms with Gasteiger partial charge >= 0.3 is 0 Å². The average molecular weight is 423 g/mol. The first-order valence-corrected chi connectivity index (χ1v) is 12.1. The first-order valence-electron chi connectivity index (χ1n) is 10.7. The van der Waals surface area contributed by atoms with Crippen LogP contribution in [0.3, 0.4) is 0 Å². The molecule has 0 bridgehead atoms. The van der Waals surface area contributed by atoms with Crippen molar-refractivity contribution in [3.63, 3.8) is 0 Å². The molecule has 0 radical (unpaired) electrons. The standard InChI is InChI=1S/C20H30N4O4S/c1-29-11-16(25)21-13-9-15-18(26)22-14-7-8-23(17(14)20(28)24(15)10-13)19(27)12-5-3-2-4-6-12/h12-15,17H,2-11H2,1H3,(H,21,25)(H,22,26)/t13-,14-,15+,17-/m0/s1. The molecule has 1 saturated carbocycles. The van der Waals surface area contributed by atoms with Gasteiger partial charge in [0, 0.05) is 25.0 Å². The third-order valence-corrected chi connectivity index (χ3v) is 7.29. The molecule has 29 heavy (non-hydrogen) atoms. The molecule has 160 valence electrons. The summed E-state index contributed by atoms with van der Waals surface area (Å²) in [5.74, 6) is 0.0294. The monoisotopic (exact) mass is 422 g/mol. The van der Waals surface area contributed by atoms with Crippen LogP contribution in [-0.4, -0.2) is 82.7 Å². The number of likely N-dealkylation sites (tertiary alicyclic amines) is 1. The van der Waals surface area contributed by atoms with Crippen LogP contribution in [0.5, 0.6) is 0 Å². The zero-order valence-corrected chi connectivity index (χ0v) is 17.7. The van der Waals surface area contributed by atoms with Crippen LogP contribution in [0.1, 0.15) is 44.9 Å². The number of hydrogen-bond donors (Lipinski definition) is 2. The van der Waals surface area contributed by atoms with Gasteiger partial charge in [-0.3, -0.25) is 19.2 Å². The highest BCUT2D eigenvalue weighted by atomic mass is 32.2. The van der Waals surface area contributed by atoms with Gasteiger partial charge in [0.15, 0.2) is 0 Å². The minimum atomic E-state index is -0.612. The molecule has 4 aliphatic rings. The lowest BCUT2D eigenvalue weighted by Crippen LogP contribution is -2.53. The van der Waals surface area contributed by atoms with E-state index in [2.05, 4.69) is 10.6 Å². The van der Waals surface area contributed by atoms with Crippen molar-refractivity contribution in [3.05, 3.63) is 0 Å². The van der Waals surface area contributed by atoms with Crippen molar-refractivity contribution in [1.29, 1.82) is 0 Å². The SMILES string of the molecule is CSCC(=O)N[C@H]1C[C@@H]2C(=O)N[C@H]3CCN(C(=O)C4CCCCC4)[C@@H]3C(=O)N2C1. The Balaban J connectivity index is 1.49. The van der Waals surface area contributed by atoms with Gasteiger partial charge in [0.05, 0.1) is 11.8 Å². The second-order valence-corrected chi connectivity index (χ2v) is 9.52. The van der Waals surface area contributed by atoms with Gasteiger partial charge in [0.25, 0.3) is 0 Å². The second-order valence-electron chi connectivity index (χ2n) is 8.65. The van der Waals surface area contributed by atoms with Crippen LogP contribution in [0.4, 0.5) is 0 Å². The summed E-state index contributed by atoms with van der Waals surface area (Å²) in [4.78, 5) is 54.6. The summed E-state index contributed by atoms with van der Waals surface area (Å²) in [5, 5.41) is 5.95. The minimum absolute atomic E-state index is 0.00205. The van der Waals surface area contributed by atoms with Gasteiger partial charge in [-0.15, -0.1) is 0 Å². The molecule has 3 saturated heterocycles. The Morgan fingerprint density at radius 3 is 2.66 bits per heavy atom. The van der Waals surface area contributed by atoms with Gasteiger partial charge < -0.3 is 20.4 Å². The van der Waals surface area contributed by atoms with E-state index in [9.17, 15) is 19.2 Å². The third-order valence-electron chi connectivity index (χ3n) is 6.74. The lowest BCUT2D eigenvalue weighted by molar-refractivity contribution is -0.147. The Morgan fingerprint density at radius 2 is 1.93 bits per heavy atom. The lowest BCUT2D eigenvalue weighted by atomic mass is 9.88. The smallest absolute Gasteiger partial charge is 0.248 e. The van der Waals surface area contributed by atoms with E-state index in [-0.39, 0.29) is 41.6 Å². The summed E-state index contributed by atoms with van der Waals surface area (Å²) in [6, 6.07) is -1.72. The van der Waals surface area contributed by atoms with Crippen molar-refractivity contribution in [1.82, 2.24) is 20.4 Å². The first-order chi connectivity index (χ1) is 14.0. The normalized spacial score (nSPS) is 32.4. The quantitative estimate of drug-likeness (QED) is 0.670. The average Bonchev–Trinajstić information content (AvgIpc) is 3.30. The molecule has 4 atom stereocenters. The molecule has 4 fully saturated rings. The van der Waals surface area contributed by atoms with E-state index in [0.717, 1.165) is 25.7 Å². The maximum Gasteiger partial charge on any atom is 0.248 e. The summed E-state index contributed by atoms with van der Waals surface area (Å²) in [6.07, 6.45) is 7.99. The van der Waals surface area contributed by atoms with E-state index in [4.69, 9.17) is 0 Å². The van der Waals surface area contributed by atoms with Crippen LogP contribution in [0, 0.1) is 5.92 Å². The zero-order chi connectivity index (χ0) is 20.5. The van der Waals surface area contributed by atoms with Crippen molar-refractivity contribution in [3.8, 4) is 0 Å². The highest BCUT2D eigenvalue weighted by Gasteiger charge is 2.52. The van der Waals surface area contributed by atoms with Gasteiger partial charge in [0.2, 0.25) is 23.6 Å². The number of hydrogen-bond acceptors (Lipinski definition) is 5. The molecule has 8 nitrogen and oxygen atoms in total. The highest BCUT2D eigenvalue weighted by molar-refractivity contribution is 7.99. The molecule has 3 heterocycles. The van der Waals surface area contributed by atoms with E-state index >= 15 is 0 Å². The number of nitrogens with zero attached hydrogens (tertiary/aromatic N) is 2. The second kappa shape index (κ2) is 8.53. The summed E-state index contributed by atoms with van der Waals surface area (Å²) in [7, 11) is 0. The fourth-order valence-electron chi connectivity index (χ4n) is 5.36. The molecule has 0 unspecified atom stereocenters. The van der Waals surface area contributed by atoms with Crippen molar-refractivity contribution in [2.45, 2.75) is 69.1 Å². The van der Waals surface area contributed by atoms with Crippen molar-refractivity contribution < 1.29 is 19.2 Å². The van der Waals surface area contributed by atoms with Crippen LogP contribution in [0.25, 0.3) is 0 Å². The van der Waals surface area contributed by atoms with Crippen LogP contribution < -0.4 is 10.6 Å². The van der Waals surface area contributed by atoms with Crippen molar-refractivity contribution in [2.24, 2.45) is 5.92 Å². The molecule has 9 heteroatoms. The van der Waals surface area contributed by atoms with Crippen LogP contribution in [0.15, 0.2) is 0 Å². The van der Waals surface area contributed by atoms with E-state index in [1.807, 2.05) is 6.26 Å². The van der Waals surface area contributed by atoms with Gasteiger partial charge in [-0.1, -0.05) is 19.3 Å². The number of thioether (sulfide) groups is 1. The Kier molecular flexibility index (Phi) is 6.03. The highest BCUT2D eigenvalue weighted by Crippen LogP contribution is 2.32. The fourth-order valence-corrected chi connectivity index (χ4v) is 5.71. The molecule has 4 rings (SSSR count). The number of carbonyl (C=O) groups excluding carboxylic acids is 4. The maximum absolute atomic E-state index is 13.4. The summed E-state index contributed by atoms with van der Waals surface area (Å²) in [5.41, 5.74) is 0. The Bertz CT molecular complexity index is 696. The number of nitrogens with one attached hydrogen (secondary N) is 2. The summed E-state index contributed by atoms with van der Waals surface area (Å²) >= 11 is 1.44. The van der Waals surface area contributed by atoms with Crippen LogP contribution in [-0.2, 0) is 19.2 Å². The van der Waals surface area contributed by atoms with Crippen LogP contribution >= 0.6 is 11.8 Å². The predicted octanol–water partition coefficient (Wildman–Crippen LogP) is 0.115. The predicted molar refractivity (Wildman–Crippen MR) is 109 cm³/mol. The van der Waals surface area contributed by atoms with Gasteiger partial charge in [-0.25, -0.2) is 0 Å². The van der Waals surface area contributed by atoms with Crippen molar-refractivity contribution >= 4 is 35.4 Å². The maximum atomic E-state index is 13.4. The molecule has 1 aliphatic carbocycles. The fraction of sp³-hybridized carbons (Fsp3) is 0.800. The molecular weight excluding hydrogens is 392 g/mol. The summed E-state index contributed by atoms with van der Waals surface area (Å²) in [6.45, 7) is 0.842. The molecule has 0 aromatic carbocycles. The molecule has 0 spiro atoms. The molecule has 2 N–H and O–H groups in total. The topological polar surface area (TPSA) is 98.8 Å². The zero-order valence-electron chi connectivity index (χ0n) is 16.9. The number of fused-ring (bicyclic) bond motifs is 2. The minimum Gasteiger partial charge on any atom is -0.351 e. The molecular formula is C20H30N4O4S. The van der Waals surface area contributed by atoms with E-state index < -0.39 is 12.1 Å². The molecule has 4 amide bonds. The number of carbonyl (C=O) groups is 4. The van der Waals surface area contributed by atoms with E-state index in [0.29, 0.717) is 31.7 Å². The first kappa shape index (κ1) is 20.5. The van der Waals surface area contributed by atoms with E-state index in [1.165, 1.54) is 18.2 Å². The third kappa shape index (κ3) is 3.98. The van der Waals surface area contributed by atoms with Gasteiger partial charge in [0.1, 0.15) is 12.1 Å². The molecule has 0 aromatic rings. The van der Waals surface area contributed by atoms with Crippen LogP contribution in [0.2, 0.25) is 0 Å². The van der Waals surface area contributed by atoms with Gasteiger partial charge in [-0.05, 0) is 31.9 Å². The number of amides is 4. The van der Waals surface area contributed by atoms with Gasteiger partial charge in [-0.2, -0.15) is 11.8 Å². The molecule has 0 aromatic heterocycles. The largest absolute Gasteiger partial charge is 0.351 e. The Morgan fingerprint density at radius 1 is 1.17 bits per heavy atom. The van der Waals surface area contributed by atoms with Crippen molar-refractivity contribution in [2.75, 3.05) is 25.1 Å².